The van der Waals surface area contributed by atoms with E-state index >= 15 is 0 Å². The van der Waals surface area contributed by atoms with Crippen LogP contribution in [-0.4, -0.2) is 45.4 Å². The van der Waals surface area contributed by atoms with Gasteiger partial charge in [-0.3, -0.25) is 0 Å². The fourth-order valence-electron chi connectivity index (χ4n) is 2.65. The van der Waals surface area contributed by atoms with E-state index in [-0.39, 0.29) is 30.0 Å². The van der Waals surface area contributed by atoms with Crippen LogP contribution in [0.3, 0.4) is 0 Å². The normalized spacial score (nSPS) is 11.9. The first-order valence-electron chi connectivity index (χ1n) is 10.00. The van der Waals surface area contributed by atoms with E-state index in [1.54, 1.807) is 26.3 Å². The molecule has 0 aliphatic rings. The number of benzene rings is 2. The molecular weight excluding hydrogens is 527 g/mol. The molecule has 31 heavy (non-hydrogen) atoms. The quantitative estimate of drug-likeness (QED) is 0.278. The number of methoxy groups -OCH3 is 1. The maximum atomic E-state index is 12.6. The zero-order chi connectivity index (χ0) is 22.1. The Hall–Kier alpha value is -1.85. The SMILES string of the molecule is CCNC(=NCc1ccc(OC)cc1)NCc1ccc(S(=O)(=O)N(C)C(C)C)cc1.I. The molecule has 0 aliphatic heterocycles. The van der Waals surface area contributed by atoms with Crippen molar-refractivity contribution in [2.45, 2.75) is 44.8 Å². The third kappa shape index (κ3) is 7.97. The number of halogens is 1. The molecule has 0 saturated carbocycles. The van der Waals surface area contributed by atoms with Gasteiger partial charge in [-0.05, 0) is 56.2 Å². The van der Waals surface area contributed by atoms with Crippen LogP contribution in [0.1, 0.15) is 31.9 Å². The second kappa shape index (κ2) is 12.9. The third-order valence-corrected chi connectivity index (χ3v) is 6.76. The van der Waals surface area contributed by atoms with Crippen LogP contribution in [0.4, 0.5) is 0 Å². The topological polar surface area (TPSA) is 83.0 Å². The highest BCUT2D eigenvalue weighted by molar-refractivity contribution is 14.0. The zero-order valence-electron chi connectivity index (χ0n) is 18.8. The minimum atomic E-state index is -3.47. The maximum Gasteiger partial charge on any atom is 0.243 e. The van der Waals surface area contributed by atoms with Crippen LogP contribution in [0.25, 0.3) is 0 Å². The molecule has 2 N–H and O–H groups in total. The summed E-state index contributed by atoms with van der Waals surface area (Å²) in [5, 5.41) is 6.50. The minimum absolute atomic E-state index is 0. The van der Waals surface area contributed by atoms with Crippen molar-refractivity contribution >= 4 is 40.0 Å². The average Bonchev–Trinajstić information content (AvgIpc) is 2.75. The molecule has 0 aliphatic carbocycles. The van der Waals surface area contributed by atoms with Gasteiger partial charge in [-0.2, -0.15) is 4.31 Å². The van der Waals surface area contributed by atoms with Gasteiger partial charge in [0, 0.05) is 26.2 Å². The molecular formula is C22H33IN4O3S. The molecule has 0 radical (unpaired) electrons. The smallest absolute Gasteiger partial charge is 0.243 e. The number of hydrogen-bond acceptors (Lipinski definition) is 4. The molecule has 172 valence electrons. The van der Waals surface area contributed by atoms with Crippen LogP contribution in [0.5, 0.6) is 5.75 Å². The summed E-state index contributed by atoms with van der Waals surface area (Å²) in [6, 6.07) is 14.6. The van der Waals surface area contributed by atoms with Crippen molar-refractivity contribution in [2.24, 2.45) is 4.99 Å². The Bertz CT molecular complexity index is 930. The summed E-state index contributed by atoms with van der Waals surface area (Å²) >= 11 is 0. The van der Waals surface area contributed by atoms with Gasteiger partial charge in [0.2, 0.25) is 10.0 Å². The summed E-state index contributed by atoms with van der Waals surface area (Å²) in [7, 11) is -0.233. The van der Waals surface area contributed by atoms with E-state index in [0.717, 1.165) is 23.4 Å². The number of aliphatic imine (C=N–C) groups is 1. The lowest BCUT2D eigenvalue weighted by Gasteiger charge is -2.21. The minimum Gasteiger partial charge on any atom is -0.497 e. The Labute approximate surface area is 203 Å². The standard InChI is InChI=1S/C22H32N4O3S.HI/c1-6-23-22(24-15-18-7-11-20(29-5)12-8-18)25-16-19-9-13-21(14-10-19)30(27,28)26(4)17(2)3;/h7-14,17H,6,15-16H2,1-5H3,(H2,23,24,25);1H. The molecule has 0 unspecified atom stereocenters. The molecule has 0 amide bonds. The van der Waals surface area contributed by atoms with E-state index in [2.05, 4.69) is 15.6 Å². The lowest BCUT2D eigenvalue weighted by atomic mass is 10.2. The van der Waals surface area contributed by atoms with Crippen molar-refractivity contribution in [1.82, 2.24) is 14.9 Å². The summed E-state index contributed by atoms with van der Waals surface area (Å²) in [5.41, 5.74) is 2.05. The molecule has 0 bridgehead atoms. The summed E-state index contributed by atoms with van der Waals surface area (Å²) < 4.78 is 31.7. The molecule has 9 heteroatoms. The number of guanidine groups is 1. The first-order valence-corrected chi connectivity index (χ1v) is 11.4. The molecule has 0 saturated heterocycles. The Morgan fingerprint density at radius 3 is 2.13 bits per heavy atom. The van der Waals surface area contributed by atoms with Crippen molar-refractivity contribution in [1.29, 1.82) is 0 Å². The molecule has 0 aromatic heterocycles. The number of sulfonamides is 1. The van der Waals surface area contributed by atoms with Gasteiger partial charge >= 0.3 is 0 Å². The fraction of sp³-hybridized carbons (Fsp3) is 0.409. The van der Waals surface area contributed by atoms with Gasteiger partial charge in [0.1, 0.15) is 5.75 Å². The van der Waals surface area contributed by atoms with Gasteiger partial charge in [0.15, 0.2) is 5.96 Å². The predicted molar refractivity (Wildman–Crippen MR) is 137 cm³/mol. The van der Waals surface area contributed by atoms with Gasteiger partial charge in [0.05, 0.1) is 18.6 Å². The molecule has 2 aromatic carbocycles. The number of nitrogens with one attached hydrogen (secondary N) is 2. The summed E-state index contributed by atoms with van der Waals surface area (Å²) in [4.78, 5) is 4.90. The van der Waals surface area contributed by atoms with E-state index in [9.17, 15) is 8.42 Å². The maximum absolute atomic E-state index is 12.6. The molecule has 0 fully saturated rings. The second-order valence-corrected chi connectivity index (χ2v) is 9.15. The summed E-state index contributed by atoms with van der Waals surface area (Å²) in [5.74, 6) is 1.52. The highest BCUT2D eigenvalue weighted by Gasteiger charge is 2.22. The van der Waals surface area contributed by atoms with Gasteiger partial charge in [0.25, 0.3) is 0 Å². The van der Waals surface area contributed by atoms with Crippen LogP contribution in [0.2, 0.25) is 0 Å². The first-order chi connectivity index (χ1) is 14.3. The Balaban J connectivity index is 0.00000480. The van der Waals surface area contributed by atoms with Crippen molar-refractivity contribution in [3.05, 3.63) is 59.7 Å². The van der Waals surface area contributed by atoms with E-state index < -0.39 is 10.0 Å². The van der Waals surface area contributed by atoms with Crippen LogP contribution in [0.15, 0.2) is 58.4 Å². The molecule has 7 nitrogen and oxygen atoms in total. The Morgan fingerprint density at radius 1 is 1.03 bits per heavy atom. The lowest BCUT2D eigenvalue weighted by Crippen LogP contribution is -2.36. The van der Waals surface area contributed by atoms with E-state index in [4.69, 9.17) is 4.74 Å². The number of rotatable bonds is 9. The Kier molecular flexibility index (Phi) is 11.3. The summed E-state index contributed by atoms with van der Waals surface area (Å²) in [6.07, 6.45) is 0. The van der Waals surface area contributed by atoms with Gasteiger partial charge in [-0.25, -0.2) is 13.4 Å². The van der Waals surface area contributed by atoms with E-state index in [1.165, 1.54) is 4.31 Å². The van der Waals surface area contributed by atoms with E-state index in [1.807, 2.05) is 57.2 Å². The van der Waals surface area contributed by atoms with Crippen LogP contribution >= 0.6 is 24.0 Å². The Morgan fingerprint density at radius 2 is 1.61 bits per heavy atom. The van der Waals surface area contributed by atoms with Crippen molar-refractivity contribution in [3.8, 4) is 5.75 Å². The molecule has 0 spiro atoms. The first kappa shape index (κ1) is 27.2. The second-order valence-electron chi connectivity index (χ2n) is 7.16. The van der Waals surface area contributed by atoms with Crippen molar-refractivity contribution < 1.29 is 13.2 Å². The van der Waals surface area contributed by atoms with Crippen molar-refractivity contribution in [2.75, 3.05) is 20.7 Å². The highest BCUT2D eigenvalue weighted by Crippen LogP contribution is 2.17. The molecule has 0 atom stereocenters. The monoisotopic (exact) mass is 560 g/mol. The predicted octanol–water partition coefficient (Wildman–Crippen LogP) is 3.60. The van der Waals surface area contributed by atoms with Gasteiger partial charge < -0.3 is 15.4 Å². The molecule has 0 heterocycles. The third-order valence-electron chi connectivity index (χ3n) is 4.71. The van der Waals surface area contributed by atoms with Gasteiger partial charge in [-0.1, -0.05) is 24.3 Å². The number of ether oxygens (including phenoxy) is 1. The zero-order valence-corrected chi connectivity index (χ0v) is 21.9. The molecule has 2 rings (SSSR count). The van der Waals surface area contributed by atoms with Crippen LogP contribution < -0.4 is 15.4 Å². The molecule has 2 aromatic rings. The van der Waals surface area contributed by atoms with Crippen molar-refractivity contribution in [3.63, 3.8) is 0 Å². The fourth-order valence-corrected chi connectivity index (χ4v) is 4.02. The van der Waals surface area contributed by atoms with Gasteiger partial charge in [-0.15, -0.1) is 24.0 Å². The number of nitrogens with zero attached hydrogens (tertiary/aromatic N) is 2. The summed E-state index contributed by atoms with van der Waals surface area (Å²) in [6.45, 7) is 7.53. The van der Waals surface area contributed by atoms with E-state index in [0.29, 0.717) is 23.9 Å². The number of hydrogen-bond donors (Lipinski definition) is 2. The van der Waals surface area contributed by atoms with Crippen LogP contribution in [0, 0.1) is 0 Å². The largest absolute Gasteiger partial charge is 0.497 e. The lowest BCUT2D eigenvalue weighted by molar-refractivity contribution is 0.410. The average molecular weight is 561 g/mol. The van der Waals surface area contributed by atoms with Crippen LogP contribution in [-0.2, 0) is 23.1 Å². The highest BCUT2D eigenvalue weighted by atomic mass is 127.